The number of imide groups is 1. The molecule has 3 amide bonds. The molecule has 3 aliphatic heterocycles. The van der Waals surface area contributed by atoms with Crippen LogP contribution in [-0.4, -0.2) is 68.4 Å². The van der Waals surface area contributed by atoms with Crippen LogP contribution in [0.2, 0.25) is 0 Å². The monoisotopic (exact) mass is 478 g/mol. The number of carbonyl (C=O) groups is 2. The number of methoxy groups -OCH3 is 1. The van der Waals surface area contributed by atoms with Crippen LogP contribution in [0.4, 0.5) is 10.6 Å². The lowest BCUT2D eigenvalue weighted by Gasteiger charge is -2.34. The summed E-state index contributed by atoms with van der Waals surface area (Å²) in [6.45, 7) is 4.35. The molecule has 0 saturated carbocycles. The predicted molar refractivity (Wildman–Crippen MR) is 126 cm³/mol. The van der Waals surface area contributed by atoms with E-state index in [0.717, 1.165) is 48.7 Å². The standard InChI is InChI=1S/C24H26N6O5/c1-33-16-3-2-15-12-29(14-34-19(15)10-16)13-24(22(31)27-23(32)28-24)20-11-17-18(35-20)4-5-26-21(17)30-8-6-25-7-9-30/h2-5,10-11,25H,6-9,12-14H2,1H3,(H2,27,28,31,32)/t24-/m0/s1. The molecule has 2 saturated heterocycles. The van der Waals surface area contributed by atoms with Gasteiger partial charge in [0.25, 0.3) is 5.91 Å². The van der Waals surface area contributed by atoms with Gasteiger partial charge >= 0.3 is 6.03 Å². The normalized spacial score (nSPS) is 22.5. The SMILES string of the molecule is COc1ccc2c(c1)OCN(C[C@@]1(c3cc4c(N5CCNCC5)nccc4o3)NC(=O)NC1=O)C2. The van der Waals surface area contributed by atoms with Gasteiger partial charge in [-0.15, -0.1) is 0 Å². The highest BCUT2D eigenvalue weighted by molar-refractivity contribution is 6.08. The highest BCUT2D eigenvalue weighted by atomic mass is 16.5. The molecule has 3 N–H and O–H groups in total. The number of hydrogen-bond donors (Lipinski definition) is 3. The minimum atomic E-state index is -1.40. The smallest absolute Gasteiger partial charge is 0.322 e. The average molecular weight is 479 g/mol. The average Bonchev–Trinajstić information content (AvgIpc) is 3.45. The Morgan fingerprint density at radius 1 is 1.17 bits per heavy atom. The Kier molecular flexibility index (Phi) is 5.23. The molecule has 1 aromatic carbocycles. The van der Waals surface area contributed by atoms with Crippen LogP contribution in [0.5, 0.6) is 11.5 Å². The first-order chi connectivity index (χ1) is 17.1. The quantitative estimate of drug-likeness (QED) is 0.464. The third kappa shape index (κ3) is 3.72. The number of piperazine rings is 1. The van der Waals surface area contributed by atoms with Gasteiger partial charge in [-0.1, -0.05) is 6.07 Å². The Balaban J connectivity index is 1.35. The second kappa shape index (κ2) is 8.43. The van der Waals surface area contributed by atoms with Crippen LogP contribution in [0.1, 0.15) is 11.3 Å². The molecule has 6 rings (SSSR count). The molecule has 0 radical (unpaired) electrons. The molecule has 2 aromatic heterocycles. The van der Waals surface area contributed by atoms with E-state index in [1.807, 2.05) is 29.2 Å². The Labute approximate surface area is 201 Å². The van der Waals surface area contributed by atoms with E-state index in [2.05, 4.69) is 25.8 Å². The van der Waals surface area contributed by atoms with E-state index in [1.54, 1.807) is 19.4 Å². The fourth-order valence-electron chi connectivity index (χ4n) is 4.95. The number of amides is 3. The fourth-order valence-corrected chi connectivity index (χ4v) is 4.95. The van der Waals surface area contributed by atoms with Crippen molar-refractivity contribution in [3.63, 3.8) is 0 Å². The van der Waals surface area contributed by atoms with Gasteiger partial charge in [-0.05, 0) is 18.2 Å². The summed E-state index contributed by atoms with van der Waals surface area (Å²) in [7, 11) is 1.61. The van der Waals surface area contributed by atoms with Crippen LogP contribution in [0.15, 0.2) is 40.9 Å². The van der Waals surface area contributed by atoms with Crippen molar-refractivity contribution in [2.75, 3.05) is 51.5 Å². The maximum Gasteiger partial charge on any atom is 0.322 e. The van der Waals surface area contributed by atoms with E-state index in [-0.39, 0.29) is 13.3 Å². The van der Waals surface area contributed by atoms with Crippen LogP contribution in [0.25, 0.3) is 11.0 Å². The van der Waals surface area contributed by atoms with Crippen molar-refractivity contribution in [3.05, 3.63) is 47.9 Å². The predicted octanol–water partition coefficient (Wildman–Crippen LogP) is 1.13. The van der Waals surface area contributed by atoms with Gasteiger partial charge in [-0.25, -0.2) is 9.78 Å². The van der Waals surface area contributed by atoms with Crippen molar-refractivity contribution >= 4 is 28.7 Å². The molecule has 182 valence electrons. The van der Waals surface area contributed by atoms with E-state index in [4.69, 9.17) is 13.9 Å². The van der Waals surface area contributed by atoms with Gasteiger partial charge in [-0.2, -0.15) is 0 Å². The van der Waals surface area contributed by atoms with Crippen molar-refractivity contribution in [1.82, 2.24) is 25.8 Å². The lowest BCUT2D eigenvalue weighted by molar-refractivity contribution is -0.126. The van der Waals surface area contributed by atoms with Gasteiger partial charge in [0, 0.05) is 57.1 Å². The number of benzene rings is 1. The first-order valence-corrected chi connectivity index (χ1v) is 11.6. The van der Waals surface area contributed by atoms with Gasteiger partial charge < -0.3 is 29.4 Å². The van der Waals surface area contributed by atoms with Gasteiger partial charge in [0.1, 0.15) is 35.4 Å². The number of carbonyl (C=O) groups excluding carboxylic acids is 2. The second-order valence-corrected chi connectivity index (χ2v) is 8.94. The molecule has 0 bridgehead atoms. The minimum absolute atomic E-state index is 0.173. The number of aromatic nitrogens is 1. The summed E-state index contributed by atoms with van der Waals surface area (Å²) in [6.07, 6.45) is 1.70. The number of nitrogens with one attached hydrogen (secondary N) is 3. The third-order valence-corrected chi connectivity index (χ3v) is 6.73. The van der Waals surface area contributed by atoms with E-state index in [9.17, 15) is 9.59 Å². The number of rotatable bonds is 5. The summed E-state index contributed by atoms with van der Waals surface area (Å²) >= 11 is 0. The molecule has 0 aliphatic carbocycles. The first kappa shape index (κ1) is 21.7. The van der Waals surface area contributed by atoms with Crippen molar-refractivity contribution in [1.29, 1.82) is 0 Å². The molecule has 0 spiro atoms. The topological polar surface area (TPSA) is 121 Å². The Morgan fingerprint density at radius 2 is 2.03 bits per heavy atom. The molecule has 2 fully saturated rings. The van der Waals surface area contributed by atoms with Crippen LogP contribution in [-0.2, 0) is 16.9 Å². The van der Waals surface area contributed by atoms with Gasteiger partial charge in [0.05, 0.1) is 12.5 Å². The molecule has 11 heteroatoms. The molecule has 1 atom stereocenters. The second-order valence-electron chi connectivity index (χ2n) is 8.94. The molecule has 11 nitrogen and oxygen atoms in total. The van der Waals surface area contributed by atoms with Crippen LogP contribution in [0, 0.1) is 0 Å². The van der Waals surface area contributed by atoms with Crippen LogP contribution >= 0.6 is 0 Å². The lowest BCUT2D eigenvalue weighted by Crippen LogP contribution is -2.53. The van der Waals surface area contributed by atoms with E-state index in [1.165, 1.54) is 0 Å². The van der Waals surface area contributed by atoms with E-state index in [0.29, 0.717) is 23.6 Å². The Bertz CT molecular complexity index is 1300. The highest BCUT2D eigenvalue weighted by Crippen LogP contribution is 2.36. The number of hydrogen-bond acceptors (Lipinski definition) is 9. The van der Waals surface area contributed by atoms with Gasteiger partial charge in [-0.3, -0.25) is 15.0 Å². The molecule has 0 unspecified atom stereocenters. The number of urea groups is 1. The van der Waals surface area contributed by atoms with Crippen molar-refractivity contribution in [2.24, 2.45) is 0 Å². The summed E-state index contributed by atoms with van der Waals surface area (Å²) in [4.78, 5) is 34.3. The number of ether oxygens (including phenoxy) is 2. The maximum atomic E-state index is 13.2. The molecule has 35 heavy (non-hydrogen) atoms. The molecule has 5 heterocycles. The van der Waals surface area contributed by atoms with Crippen molar-refractivity contribution in [2.45, 2.75) is 12.1 Å². The zero-order valence-electron chi connectivity index (χ0n) is 19.3. The Hall–Kier alpha value is -3.83. The maximum absolute atomic E-state index is 13.2. The summed E-state index contributed by atoms with van der Waals surface area (Å²) in [5.41, 5.74) is 0.181. The van der Waals surface area contributed by atoms with Gasteiger partial charge in [0.2, 0.25) is 0 Å². The fraction of sp³-hybridized carbons (Fsp3) is 0.375. The zero-order valence-corrected chi connectivity index (χ0v) is 19.3. The summed E-state index contributed by atoms with van der Waals surface area (Å²) < 4.78 is 17.4. The lowest BCUT2D eigenvalue weighted by atomic mass is 9.94. The van der Waals surface area contributed by atoms with E-state index >= 15 is 0 Å². The minimum Gasteiger partial charge on any atom is -0.497 e. The summed E-state index contributed by atoms with van der Waals surface area (Å²) in [6, 6.07) is 8.70. The molecular formula is C24H26N6O5. The molecular weight excluding hydrogens is 452 g/mol. The van der Waals surface area contributed by atoms with Crippen molar-refractivity contribution < 1.29 is 23.5 Å². The van der Waals surface area contributed by atoms with Crippen molar-refractivity contribution in [3.8, 4) is 11.5 Å². The first-order valence-electron chi connectivity index (χ1n) is 11.6. The number of pyridine rings is 1. The van der Waals surface area contributed by atoms with Crippen LogP contribution in [0.3, 0.4) is 0 Å². The summed E-state index contributed by atoms with van der Waals surface area (Å²) in [5.74, 6) is 2.17. The van der Waals surface area contributed by atoms with Gasteiger partial charge in [0.15, 0.2) is 5.54 Å². The number of fused-ring (bicyclic) bond motifs is 2. The molecule has 3 aliphatic rings. The Morgan fingerprint density at radius 3 is 2.80 bits per heavy atom. The number of furan rings is 1. The number of nitrogens with zero attached hydrogens (tertiary/aromatic N) is 3. The number of anilines is 1. The van der Waals surface area contributed by atoms with Crippen LogP contribution < -0.4 is 30.3 Å². The van der Waals surface area contributed by atoms with E-state index < -0.39 is 17.5 Å². The zero-order chi connectivity index (χ0) is 24.0. The summed E-state index contributed by atoms with van der Waals surface area (Å²) in [5, 5.41) is 9.36. The largest absolute Gasteiger partial charge is 0.497 e. The molecule has 3 aromatic rings. The highest BCUT2D eigenvalue weighted by Gasteiger charge is 2.52. The third-order valence-electron chi connectivity index (χ3n) is 6.73.